The average Bonchev–Trinajstić information content (AvgIpc) is 2.36. The van der Waals surface area contributed by atoms with Crippen molar-refractivity contribution in [1.29, 1.82) is 0 Å². The van der Waals surface area contributed by atoms with E-state index in [0.29, 0.717) is 24.5 Å². The van der Waals surface area contributed by atoms with Gasteiger partial charge in [0.15, 0.2) is 0 Å². The number of benzene rings is 1. The third kappa shape index (κ3) is 2.87. The molecule has 0 aliphatic carbocycles. The summed E-state index contributed by atoms with van der Waals surface area (Å²) < 4.78 is 18.8. The Kier molecular flexibility index (Phi) is 4.04. The van der Waals surface area contributed by atoms with E-state index in [2.05, 4.69) is 5.32 Å². The zero-order valence-electron chi connectivity index (χ0n) is 11.4. The van der Waals surface area contributed by atoms with E-state index in [4.69, 9.17) is 4.74 Å². The molecular formula is C14H19FN2O2. The predicted octanol–water partition coefficient (Wildman–Crippen LogP) is 1.80. The summed E-state index contributed by atoms with van der Waals surface area (Å²) in [6.07, 6.45) is -0.139. The minimum atomic E-state index is -0.358. The Balaban J connectivity index is 2.30. The Bertz CT molecular complexity index is 479. The van der Waals surface area contributed by atoms with Crippen molar-refractivity contribution in [2.24, 2.45) is 5.92 Å². The van der Waals surface area contributed by atoms with E-state index >= 15 is 0 Å². The van der Waals surface area contributed by atoms with Gasteiger partial charge in [0, 0.05) is 18.5 Å². The quantitative estimate of drug-likeness (QED) is 0.907. The lowest BCUT2D eigenvalue weighted by atomic mass is 10.1. The second-order valence-corrected chi connectivity index (χ2v) is 4.95. The number of nitrogens with one attached hydrogen (secondary N) is 1. The summed E-state index contributed by atoms with van der Waals surface area (Å²) in [7, 11) is 1.81. The molecule has 1 aromatic carbocycles. The van der Waals surface area contributed by atoms with Crippen LogP contribution in [0.3, 0.4) is 0 Å². The van der Waals surface area contributed by atoms with Gasteiger partial charge in [0.2, 0.25) is 5.91 Å². The number of hydrogen-bond donors (Lipinski definition) is 1. The van der Waals surface area contributed by atoms with Crippen molar-refractivity contribution in [3.63, 3.8) is 0 Å². The highest BCUT2D eigenvalue weighted by Gasteiger charge is 2.30. The number of fused-ring (bicyclic) bond motifs is 1. The Labute approximate surface area is 112 Å². The van der Waals surface area contributed by atoms with Crippen LogP contribution in [-0.2, 0) is 4.79 Å². The minimum Gasteiger partial charge on any atom is -0.487 e. The molecule has 1 aliphatic rings. The van der Waals surface area contributed by atoms with Crippen LogP contribution in [0, 0.1) is 11.7 Å². The van der Waals surface area contributed by atoms with Crippen molar-refractivity contribution in [2.75, 3.05) is 25.0 Å². The number of nitrogens with zero attached hydrogens (tertiary/aromatic N) is 1. The highest BCUT2D eigenvalue weighted by atomic mass is 19.1. The third-order valence-corrected chi connectivity index (χ3v) is 3.18. The Morgan fingerprint density at radius 1 is 1.63 bits per heavy atom. The molecular weight excluding hydrogens is 247 g/mol. The molecule has 1 aliphatic heterocycles. The lowest BCUT2D eigenvalue weighted by Gasteiger charge is -2.34. The number of anilines is 1. The fraction of sp³-hybridized carbons (Fsp3) is 0.500. The summed E-state index contributed by atoms with van der Waals surface area (Å²) in [5.41, 5.74) is 0.646. The number of amides is 1. The standard InChI is InChI=1S/C14H19FN2O2/c1-9(7-16-3)14(18)17-8-10(2)19-13-6-11(15)4-5-12(13)17/h4-6,9-10,16H,7-8H2,1-3H3. The molecule has 2 atom stereocenters. The van der Waals surface area contributed by atoms with Gasteiger partial charge in [0.05, 0.1) is 12.2 Å². The number of carbonyl (C=O) groups is 1. The van der Waals surface area contributed by atoms with Gasteiger partial charge in [-0.1, -0.05) is 6.92 Å². The molecule has 0 spiro atoms. The third-order valence-electron chi connectivity index (χ3n) is 3.18. The average molecular weight is 266 g/mol. The maximum atomic E-state index is 13.2. The summed E-state index contributed by atoms with van der Waals surface area (Å²) in [4.78, 5) is 14.1. The van der Waals surface area contributed by atoms with Crippen LogP contribution in [0.4, 0.5) is 10.1 Å². The highest BCUT2D eigenvalue weighted by Crippen LogP contribution is 2.34. The molecule has 0 aromatic heterocycles. The van der Waals surface area contributed by atoms with Crippen molar-refractivity contribution in [1.82, 2.24) is 5.32 Å². The summed E-state index contributed by atoms with van der Waals surface area (Å²) in [6.45, 7) is 4.85. The molecule has 1 amide bonds. The van der Waals surface area contributed by atoms with Gasteiger partial charge < -0.3 is 15.0 Å². The van der Waals surface area contributed by atoms with Gasteiger partial charge in [0.25, 0.3) is 0 Å². The zero-order chi connectivity index (χ0) is 14.0. The molecule has 1 heterocycles. The summed E-state index contributed by atoms with van der Waals surface area (Å²) in [6, 6.07) is 4.27. The Morgan fingerprint density at radius 3 is 3.05 bits per heavy atom. The second kappa shape index (κ2) is 5.57. The van der Waals surface area contributed by atoms with Crippen LogP contribution in [0.2, 0.25) is 0 Å². The highest BCUT2D eigenvalue weighted by molar-refractivity contribution is 5.96. The van der Waals surface area contributed by atoms with Gasteiger partial charge in [0.1, 0.15) is 17.7 Å². The zero-order valence-corrected chi connectivity index (χ0v) is 11.4. The van der Waals surface area contributed by atoms with Crippen LogP contribution in [0.5, 0.6) is 5.75 Å². The van der Waals surface area contributed by atoms with Crippen LogP contribution >= 0.6 is 0 Å². The fourth-order valence-electron chi connectivity index (χ4n) is 2.28. The van der Waals surface area contributed by atoms with Crippen molar-refractivity contribution >= 4 is 11.6 Å². The maximum absolute atomic E-state index is 13.2. The van der Waals surface area contributed by atoms with Crippen molar-refractivity contribution in [3.8, 4) is 5.75 Å². The van der Waals surface area contributed by atoms with E-state index in [9.17, 15) is 9.18 Å². The van der Waals surface area contributed by atoms with Crippen LogP contribution in [0.1, 0.15) is 13.8 Å². The van der Waals surface area contributed by atoms with Crippen molar-refractivity contribution in [3.05, 3.63) is 24.0 Å². The smallest absolute Gasteiger partial charge is 0.231 e. The molecule has 1 aromatic rings. The van der Waals surface area contributed by atoms with Gasteiger partial charge in [-0.05, 0) is 26.1 Å². The molecule has 0 fully saturated rings. The first-order chi connectivity index (χ1) is 9.02. The fourth-order valence-corrected chi connectivity index (χ4v) is 2.28. The second-order valence-electron chi connectivity index (χ2n) is 4.95. The molecule has 0 radical (unpaired) electrons. The van der Waals surface area contributed by atoms with Crippen LogP contribution in [-0.4, -0.2) is 32.1 Å². The van der Waals surface area contributed by atoms with Gasteiger partial charge in [-0.25, -0.2) is 4.39 Å². The molecule has 104 valence electrons. The molecule has 4 nitrogen and oxygen atoms in total. The summed E-state index contributed by atoms with van der Waals surface area (Å²) in [5, 5.41) is 2.99. The van der Waals surface area contributed by atoms with E-state index in [-0.39, 0.29) is 23.7 Å². The van der Waals surface area contributed by atoms with Crippen molar-refractivity contribution in [2.45, 2.75) is 20.0 Å². The minimum absolute atomic E-state index is 0.0253. The number of carbonyl (C=O) groups excluding carboxylic acids is 1. The number of hydrogen-bond acceptors (Lipinski definition) is 3. The first-order valence-electron chi connectivity index (χ1n) is 6.45. The first kappa shape index (κ1) is 13.8. The van der Waals surface area contributed by atoms with E-state index in [1.807, 2.05) is 20.9 Å². The predicted molar refractivity (Wildman–Crippen MR) is 71.9 cm³/mol. The summed E-state index contributed by atoms with van der Waals surface area (Å²) in [5.74, 6) is -0.0298. The van der Waals surface area contributed by atoms with E-state index in [1.165, 1.54) is 12.1 Å². The lowest BCUT2D eigenvalue weighted by Crippen LogP contribution is -2.46. The van der Waals surface area contributed by atoms with Crippen LogP contribution in [0.25, 0.3) is 0 Å². The van der Waals surface area contributed by atoms with Crippen LogP contribution in [0.15, 0.2) is 18.2 Å². The molecule has 2 rings (SSSR count). The normalized spacial score (nSPS) is 19.6. The number of halogens is 1. The van der Waals surface area contributed by atoms with Crippen LogP contribution < -0.4 is 15.0 Å². The Hall–Kier alpha value is -1.62. The molecule has 1 N–H and O–H groups in total. The summed E-state index contributed by atoms with van der Waals surface area (Å²) >= 11 is 0. The number of ether oxygens (including phenoxy) is 1. The van der Waals surface area contributed by atoms with Gasteiger partial charge >= 0.3 is 0 Å². The van der Waals surface area contributed by atoms with E-state index in [0.717, 1.165) is 0 Å². The maximum Gasteiger partial charge on any atom is 0.231 e. The topological polar surface area (TPSA) is 41.6 Å². The Morgan fingerprint density at radius 2 is 2.37 bits per heavy atom. The number of rotatable bonds is 3. The van der Waals surface area contributed by atoms with Gasteiger partial charge in [-0.2, -0.15) is 0 Å². The first-order valence-corrected chi connectivity index (χ1v) is 6.45. The molecule has 0 bridgehead atoms. The van der Waals surface area contributed by atoms with E-state index < -0.39 is 0 Å². The lowest BCUT2D eigenvalue weighted by molar-refractivity contribution is -0.122. The van der Waals surface area contributed by atoms with E-state index in [1.54, 1.807) is 11.0 Å². The van der Waals surface area contributed by atoms with Gasteiger partial charge in [-0.3, -0.25) is 4.79 Å². The largest absolute Gasteiger partial charge is 0.487 e. The van der Waals surface area contributed by atoms with Crippen molar-refractivity contribution < 1.29 is 13.9 Å². The van der Waals surface area contributed by atoms with Gasteiger partial charge in [-0.15, -0.1) is 0 Å². The SMILES string of the molecule is CNCC(C)C(=O)N1CC(C)Oc2cc(F)ccc21. The molecule has 0 saturated heterocycles. The molecule has 0 saturated carbocycles. The molecule has 5 heteroatoms. The monoisotopic (exact) mass is 266 g/mol. The molecule has 2 unspecified atom stereocenters. The molecule has 19 heavy (non-hydrogen) atoms.